The van der Waals surface area contributed by atoms with E-state index in [1.807, 2.05) is 0 Å². The minimum Gasteiger partial charge on any atom is -0.480 e. The first-order chi connectivity index (χ1) is 9.56. The number of rotatable bonds is 6. The molecule has 0 fully saturated rings. The first-order valence-corrected chi connectivity index (χ1v) is 8.02. The molecule has 1 rings (SSSR count). The Hall–Kier alpha value is -1.67. The first-order valence-electron chi connectivity index (χ1n) is 5.93. The predicted molar refractivity (Wildman–Crippen MR) is 77.0 cm³/mol. The van der Waals surface area contributed by atoms with Crippen molar-refractivity contribution in [2.75, 3.05) is 0 Å². The summed E-state index contributed by atoms with van der Waals surface area (Å²) in [4.78, 5) is 21.3. The standard InChI is InChI=1S/C12H14ClNO6S/c1-7(2)11(12(15)16)21(19,20)6-8-3-4-9(13)5-10(8)14(17)18/h3-5,7,11H,6H2,1-2H3,(H,15,16). The van der Waals surface area contributed by atoms with Gasteiger partial charge < -0.3 is 5.11 Å². The van der Waals surface area contributed by atoms with Crippen molar-refractivity contribution in [3.63, 3.8) is 0 Å². The molecule has 0 spiro atoms. The van der Waals surface area contributed by atoms with Crippen LogP contribution in [0.1, 0.15) is 19.4 Å². The number of sulfone groups is 1. The fraction of sp³-hybridized carbons (Fsp3) is 0.417. The zero-order valence-electron chi connectivity index (χ0n) is 11.3. The molecule has 1 aromatic rings. The summed E-state index contributed by atoms with van der Waals surface area (Å²) < 4.78 is 24.4. The van der Waals surface area contributed by atoms with E-state index in [1.165, 1.54) is 26.0 Å². The molecule has 1 N–H and O–H groups in total. The van der Waals surface area contributed by atoms with Gasteiger partial charge in [-0.05, 0) is 18.1 Å². The van der Waals surface area contributed by atoms with E-state index in [0.29, 0.717) is 0 Å². The maximum atomic E-state index is 12.2. The Balaban J connectivity index is 3.27. The third-order valence-electron chi connectivity index (χ3n) is 2.84. The fourth-order valence-corrected chi connectivity index (χ4v) is 4.15. The van der Waals surface area contributed by atoms with Crippen LogP contribution >= 0.6 is 11.6 Å². The molecule has 1 aromatic carbocycles. The highest BCUT2D eigenvalue weighted by Gasteiger charge is 2.36. The molecule has 7 nitrogen and oxygen atoms in total. The summed E-state index contributed by atoms with van der Waals surface area (Å²) in [5, 5.41) is 18.5. The Morgan fingerprint density at radius 3 is 2.43 bits per heavy atom. The van der Waals surface area contributed by atoms with Crippen molar-refractivity contribution in [3.05, 3.63) is 38.9 Å². The van der Waals surface area contributed by atoms with E-state index < -0.39 is 43.3 Å². The van der Waals surface area contributed by atoms with Gasteiger partial charge in [-0.1, -0.05) is 25.4 Å². The number of aliphatic carboxylic acids is 1. The second-order valence-electron chi connectivity index (χ2n) is 4.84. The largest absolute Gasteiger partial charge is 0.480 e. The average Bonchev–Trinajstić information content (AvgIpc) is 2.29. The van der Waals surface area contributed by atoms with Gasteiger partial charge in [-0.2, -0.15) is 0 Å². The summed E-state index contributed by atoms with van der Waals surface area (Å²) in [7, 11) is -4.09. The van der Waals surface area contributed by atoms with Gasteiger partial charge in [0.05, 0.1) is 10.7 Å². The molecule has 1 atom stereocenters. The summed E-state index contributed by atoms with van der Waals surface area (Å²) in [6, 6.07) is 3.58. The molecule has 21 heavy (non-hydrogen) atoms. The SMILES string of the molecule is CC(C)C(C(=O)O)S(=O)(=O)Cc1ccc(Cl)cc1[N+](=O)[O-]. The zero-order chi connectivity index (χ0) is 16.4. The van der Waals surface area contributed by atoms with Crippen LogP contribution in [0.5, 0.6) is 0 Å². The second kappa shape index (κ2) is 6.40. The van der Waals surface area contributed by atoms with E-state index in [0.717, 1.165) is 6.07 Å². The van der Waals surface area contributed by atoms with Crippen LogP contribution in [0.15, 0.2) is 18.2 Å². The van der Waals surface area contributed by atoms with Crippen molar-refractivity contribution in [2.24, 2.45) is 5.92 Å². The number of halogens is 1. The number of nitrogens with zero attached hydrogens (tertiary/aromatic N) is 1. The predicted octanol–water partition coefficient (Wildman–Crippen LogP) is 2.27. The molecule has 0 aromatic heterocycles. The molecule has 0 aliphatic rings. The molecule has 1 unspecified atom stereocenters. The van der Waals surface area contributed by atoms with Crippen LogP contribution in [0.2, 0.25) is 5.02 Å². The van der Waals surface area contributed by atoms with Gasteiger partial charge in [-0.3, -0.25) is 14.9 Å². The maximum Gasteiger partial charge on any atom is 0.322 e. The molecular formula is C12H14ClNO6S. The molecule has 0 aliphatic heterocycles. The van der Waals surface area contributed by atoms with E-state index in [-0.39, 0.29) is 10.6 Å². The summed E-state index contributed by atoms with van der Waals surface area (Å²) in [5.41, 5.74) is -0.532. The molecule has 116 valence electrons. The van der Waals surface area contributed by atoms with Crippen LogP contribution in [0.3, 0.4) is 0 Å². The number of hydrogen-bond acceptors (Lipinski definition) is 5. The Labute approximate surface area is 126 Å². The molecule has 0 amide bonds. The highest BCUT2D eigenvalue weighted by Crippen LogP contribution is 2.27. The fourth-order valence-electron chi connectivity index (χ4n) is 1.99. The number of benzene rings is 1. The molecule has 9 heteroatoms. The number of hydrogen-bond donors (Lipinski definition) is 1. The monoisotopic (exact) mass is 335 g/mol. The van der Waals surface area contributed by atoms with E-state index in [9.17, 15) is 23.3 Å². The summed E-state index contributed by atoms with van der Waals surface area (Å²) in [6.45, 7) is 2.93. The van der Waals surface area contributed by atoms with E-state index >= 15 is 0 Å². The molecule has 0 heterocycles. The van der Waals surface area contributed by atoms with Gasteiger partial charge in [0.25, 0.3) is 5.69 Å². The number of nitro groups is 1. The van der Waals surface area contributed by atoms with Gasteiger partial charge in [0.1, 0.15) is 0 Å². The summed E-state index contributed by atoms with van der Waals surface area (Å²) >= 11 is 5.65. The molecule has 0 radical (unpaired) electrons. The van der Waals surface area contributed by atoms with Crippen LogP contribution in [0.25, 0.3) is 0 Å². The van der Waals surface area contributed by atoms with Crippen LogP contribution < -0.4 is 0 Å². The van der Waals surface area contributed by atoms with Gasteiger partial charge in [0.15, 0.2) is 15.1 Å². The number of carboxylic acid groups (broad SMARTS) is 1. The van der Waals surface area contributed by atoms with Gasteiger partial charge >= 0.3 is 5.97 Å². The molecular weight excluding hydrogens is 322 g/mol. The van der Waals surface area contributed by atoms with Crippen molar-refractivity contribution >= 4 is 33.1 Å². The number of carbonyl (C=O) groups is 1. The smallest absolute Gasteiger partial charge is 0.322 e. The Kier molecular flexibility index (Phi) is 5.30. The molecule has 0 aliphatic carbocycles. The van der Waals surface area contributed by atoms with E-state index in [1.54, 1.807) is 0 Å². The number of nitro benzene ring substituents is 1. The quantitative estimate of drug-likeness (QED) is 0.630. The average molecular weight is 336 g/mol. The zero-order valence-corrected chi connectivity index (χ0v) is 12.9. The Bertz CT molecular complexity index is 670. The normalized spacial score (nSPS) is 13.1. The van der Waals surface area contributed by atoms with Gasteiger partial charge in [-0.25, -0.2) is 8.42 Å². The lowest BCUT2D eigenvalue weighted by Gasteiger charge is -2.16. The van der Waals surface area contributed by atoms with E-state index in [4.69, 9.17) is 16.7 Å². The Morgan fingerprint density at radius 2 is 2.00 bits per heavy atom. The summed E-state index contributed by atoms with van der Waals surface area (Å²) in [5.74, 6) is -2.85. The topological polar surface area (TPSA) is 115 Å². The number of carboxylic acids is 1. The maximum absolute atomic E-state index is 12.2. The minimum atomic E-state index is -4.09. The van der Waals surface area contributed by atoms with Crippen LogP contribution in [0.4, 0.5) is 5.69 Å². The first kappa shape index (κ1) is 17.4. The van der Waals surface area contributed by atoms with Crippen LogP contribution in [-0.2, 0) is 20.4 Å². The second-order valence-corrected chi connectivity index (χ2v) is 7.40. The lowest BCUT2D eigenvalue weighted by molar-refractivity contribution is -0.385. The Morgan fingerprint density at radius 1 is 1.43 bits per heavy atom. The summed E-state index contributed by atoms with van der Waals surface area (Å²) in [6.07, 6.45) is 0. The third kappa shape index (κ3) is 4.15. The van der Waals surface area contributed by atoms with Gasteiger partial charge in [0.2, 0.25) is 0 Å². The van der Waals surface area contributed by atoms with Crippen molar-refractivity contribution < 1.29 is 23.2 Å². The van der Waals surface area contributed by atoms with Crippen molar-refractivity contribution in [2.45, 2.75) is 24.9 Å². The lowest BCUT2D eigenvalue weighted by Crippen LogP contribution is -2.35. The van der Waals surface area contributed by atoms with Crippen molar-refractivity contribution in [1.82, 2.24) is 0 Å². The van der Waals surface area contributed by atoms with Gasteiger partial charge in [0, 0.05) is 16.7 Å². The highest BCUT2D eigenvalue weighted by atomic mass is 35.5. The van der Waals surface area contributed by atoms with Crippen LogP contribution in [0, 0.1) is 16.0 Å². The minimum absolute atomic E-state index is 0.0868. The molecule has 0 saturated carbocycles. The molecule has 0 bridgehead atoms. The van der Waals surface area contributed by atoms with Crippen molar-refractivity contribution in [1.29, 1.82) is 0 Å². The van der Waals surface area contributed by atoms with E-state index in [2.05, 4.69) is 0 Å². The lowest BCUT2D eigenvalue weighted by atomic mass is 10.1. The highest BCUT2D eigenvalue weighted by molar-refractivity contribution is 7.92. The van der Waals surface area contributed by atoms with Crippen LogP contribution in [-0.4, -0.2) is 29.7 Å². The third-order valence-corrected chi connectivity index (χ3v) is 5.30. The van der Waals surface area contributed by atoms with Crippen molar-refractivity contribution in [3.8, 4) is 0 Å². The van der Waals surface area contributed by atoms with Gasteiger partial charge in [-0.15, -0.1) is 0 Å². The molecule has 0 saturated heterocycles.